The Kier molecular flexibility index (Phi) is 12.5. The van der Waals surface area contributed by atoms with Gasteiger partial charge in [-0.15, -0.1) is 5.10 Å². The van der Waals surface area contributed by atoms with Crippen LogP contribution >= 0.6 is 0 Å². The first-order valence-corrected chi connectivity index (χ1v) is 14.6. The van der Waals surface area contributed by atoms with E-state index in [1.54, 1.807) is 0 Å². The zero-order valence-corrected chi connectivity index (χ0v) is 26.2. The molecule has 0 amide bonds. The summed E-state index contributed by atoms with van der Waals surface area (Å²) in [7, 11) is 0. The summed E-state index contributed by atoms with van der Waals surface area (Å²) < 4.78 is 33.9. The molecule has 45 heavy (non-hydrogen) atoms. The second-order valence-electron chi connectivity index (χ2n) is 11.0. The quantitative estimate of drug-likeness (QED) is 0.229. The number of nitrogens with one attached hydrogen (secondary N) is 1. The summed E-state index contributed by atoms with van der Waals surface area (Å²) in [6, 6.07) is 7.75. The summed E-state index contributed by atoms with van der Waals surface area (Å²) in [5.41, 5.74) is 3.40. The third kappa shape index (κ3) is 10.3. The summed E-state index contributed by atoms with van der Waals surface area (Å²) in [5, 5.41) is 16.3. The number of rotatable bonds is 14. The summed E-state index contributed by atoms with van der Waals surface area (Å²) in [6.07, 6.45) is -5.04. The molecule has 246 valence electrons. The molecule has 1 aliphatic heterocycles. The topological polar surface area (TPSA) is 190 Å². The van der Waals surface area contributed by atoms with Gasteiger partial charge in [-0.05, 0) is 29.9 Å². The highest BCUT2D eigenvalue weighted by atomic mass is 16.7. The second-order valence-corrected chi connectivity index (χ2v) is 11.0. The number of carboxylic acids is 1. The number of carbonyl (C=O) groups excluding carboxylic acids is 4. The molecule has 1 aliphatic rings. The van der Waals surface area contributed by atoms with Gasteiger partial charge in [-0.2, -0.15) is 0 Å². The van der Waals surface area contributed by atoms with Crippen molar-refractivity contribution in [2.24, 2.45) is 0 Å². The Balaban J connectivity index is 1.97. The first kappa shape index (κ1) is 35.0. The molecule has 0 bridgehead atoms. The van der Waals surface area contributed by atoms with Crippen LogP contribution in [0.2, 0.25) is 0 Å². The predicted octanol–water partition coefficient (Wildman–Crippen LogP) is 2.99. The van der Waals surface area contributed by atoms with E-state index in [0.29, 0.717) is 24.8 Å². The fourth-order valence-electron chi connectivity index (χ4n) is 4.97. The van der Waals surface area contributed by atoms with Gasteiger partial charge in [0.25, 0.3) is 0 Å². The maximum atomic E-state index is 12.2. The largest absolute Gasteiger partial charge is 0.481 e. The number of aromatic amines is 1. The van der Waals surface area contributed by atoms with Crippen LogP contribution < -0.4 is 4.74 Å². The van der Waals surface area contributed by atoms with Gasteiger partial charge in [0.2, 0.25) is 18.3 Å². The molecular formula is C31H40N2O12. The van der Waals surface area contributed by atoms with Crippen molar-refractivity contribution < 1.29 is 57.5 Å². The van der Waals surface area contributed by atoms with Gasteiger partial charge in [0.05, 0.1) is 0 Å². The van der Waals surface area contributed by atoms with Gasteiger partial charge in [-0.25, -0.2) is 0 Å². The lowest BCUT2D eigenvalue weighted by Crippen LogP contribution is -2.63. The van der Waals surface area contributed by atoms with Crippen LogP contribution in [0, 0.1) is 0 Å². The molecule has 1 fully saturated rings. The van der Waals surface area contributed by atoms with Crippen LogP contribution in [0.3, 0.4) is 0 Å². The van der Waals surface area contributed by atoms with Crippen LogP contribution in [0.5, 0.6) is 5.88 Å². The summed E-state index contributed by atoms with van der Waals surface area (Å²) in [5.74, 6) is -3.57. The second kappa shape index (κ2) is 16.0. The third-order valence-electron chi connectivity index (χ3n) is 6.87. The van der Waals surface area contributed by atoms with E-state index in [4.69, 9.17) is 33.5 Å². The number of aryl methyl sites for hydroxylation is 1. The third-order valence-corrected chi connectivity index (χ3v) is 6.87. The Labute approximate surface area is 260 Å². The van der Waals surface area contributed by atoms with E-state index in [1.807, 2.05) is 38.1 Å². The molecule has 1 aromatic carbocycles. The Bertz CT molecular complexity index is 1350. The standard InChI is InChI=1S/C31H40N2O12/c1-16(2)26-23(14-22-12-10-21(11-13-22)8-7-9-25(38)39)30(33-32-26)45-31-29(43-20(6)37)28(42-19(5)36)27(41-18(4)35)24(44-31)15-40-17(3)34/h10-13,16,24,27-29,31H,7-9,14-15H2,1-6H3,(H,32,33)(H,38,39)/t24-,27-,28+,29-,31?/m1/s1. The molecule has 0 spiro atoms. The number of H-pyrrole nitrogens is 1. The van der Waals surface area contributed by atoms with E-state index >= 15 is 0 Å². The number of ether oxygens (including phenoxy) is 6. The van der Waals surface area contributed by atoms with E-state index in [0.717, 1.165) is 37.6 Å². The molecule has 14 nitrogen and oxygen atoms in total. The lowest BCUT2D eigenvalue weighted by atomic mass is 9.97. The number of carbonyl (C=O) groups is 5. The highest BCUT2D eigenvalue weighted by Gasteiger charge is 2.53. The first-order valence-electron chi connectivity index (χ1n) is 14.6. The van der Waals surface area contributed by atoms with Crippen LogP contribution in [0.1, 0.15) is 82.7 Å². The molecule has 3 rings (SSSR count). The minimum absolute atomic E-state index is 0.00976. The van der Waals surface area contributed by atoms with Gasteiger partial charge in [-0.3, -0.25) is 29.1 Å². The fraction of sp³-hybridized carbons (Fsp3) is 0.548. The van der Waals surface area contributed by atoms with Gasteiger partial charge in [-0.1, -0.05) is 38.1 Å². The molecule has 2 aromatic rings. The van der Waals surface area contributed by atoms with Gasteiger partial charge in [0, 0.05) is 51.8 Å². The molecule has 1 saturated heterocycles. The molecule has 2 heterocycles. The molecule has 1 unspecified atom stereocenters. The van der Waals surface area contributed by atoms with E-state index in [9.17, 15) is 24.0 Å². The minimum atomic E-state index is -1.43. The van der Waals surface area contributed by atoms with Crippen molar-refractivity contribution in [2.75, 3.05) is 6.61 Å². The smallest absolute Gasteiger partial charge is 0.303 e. The van der Waals surface area contributed by atoms with Gasteiger partial charge < -0.3 is 33.5 Å². The molecule has 5 atom stereocenters. The van der Waals surface area contributed by atoms with Crippen LogP contribution in [0.25, 0.3) is 0 Å². The Hall–Kier alpha value is -4.46. The molecule has 0 radical (unpaired) electrons. The fourth-order valence-corrected chi connectivity index (χ4v) is 4.97. The highest BCUT2D eigenvalue weighted by Crippen LogP contribution is 2.34. The van der Waals surface area contributed by atoms with Crippen LogP contribution in [0.4, 0.5) is 0 Å². The average Bonchev–Trinajstić information content (AvgIpc) is 3.33. The number of esters is 4. The van der Waals surface area contributed by atoms with E-state index in [-0.39, 0.29) is 24.8 Å². The van der Waals surface area contributed by atoms with Gasteiger partial charge in [0.15, 0.2) is 12.2 Å². The van der Waals surface area contributed by atoms with Crippen molar-refractivity contribution in [1.29, 1.82) is 0 Å². The van der Waals surface area contributed by atoms with Crippen molar-refractivity contribution in [3.63, 3.8) is 0 Å². The predicted molar refractivity (Wildman–Crippen MR) is 155 cm³/mol. The Morgan fingerprint density at radius 3 is 2.00 bits per heavy atom. The van der Waals surface area contributed by atoms with Crippen LogP contribution in [0.15, 0.2) is 24.3 Å². The van der Waals surface area contributed by atoms with Gasteiger partial charge in [0.1, 0.15) is 12.7 Å². The number of hydrogen-bond donors (Lipinski definition) is 2. The van der Waals surface area contributed by atoms with Crippen molar-refractivity contribution in [2.45, 2.75) is 104 Å². The summed E-state index contributed by atoms with van der Waals surface area (Å²) >= 11 is 0. The van der Waals surface area contributed by atoms with Crippen LogP contribution in [-0.2, 0) is 60.5 Å². The summed E-state index contributed by atoms with van der Waals surface area (Å²) in [6.45, 7) is 8.18. The Morgan fingerprint density at radius 2 is 1.44 bits per heavy atom. The summed E-state index contributed by atoms with van der Waals surface area (Å²) in [4.78, 5) is 58.8. The monoisotopic (exact) mass is 632 g/mol. The number of carboxylic acid groups (broad SMARTS) is 1. The van der Waals surface area contributed by atoms with E-state index < -0.39 is 60.6 Å². The maximum Gasteiger partial charge on any atom is 0.303 e. The first-order chi connectivity index (χ1) is 21.2. The number of nitrogens with zero attached hydrogens (tertiary/aromatic N) is 1. The van der Waals surface area contributed by atoms with E-state index in [2.05, 4.69) is 10.2 Å². The minimum Gasteiger partial charge on any atom is -0.481 e. The Morgan fingerprint density at radius 1 is 0.867 bits per heavy atom. The number of aromatic nitrogens is 2. The maximum absolute atomic E-state index is 12.2. The SMILES string of the molecule is CC(=O)OC[C@H]1OC(Oc2n[nH]c(C(C)C)c2Cc2ccc(CCCC(=O)O)cc2)[C@H](OC(C)=O)[C@@H](OC(C)=O)[C@@H]1OC(C)=O. The normalized spacial score (nSPS) is 21.1. The molecule has 0 saturated carbocycles. The van der Waals surface area contributed by atoms with Crippen LogP contribution in [-0.4, -0.2) is 82.5 Å². The van der Waals surface area contributed by atoms with Crippen molar-refractivity contribution in [3.8, 4) is 5.88 Å². The average molecular weight is 633 g/mol. The highest BCUT2D eigenvalue weighted by molar-refractivity contribution is 5.69. The van der Waals surface area contributed by atoms with E-state index in [1.165, 1.54) is 6.92 Å². The van der Waals surface area contributed by atoms with Gasteiger partial charge >= 0.3 is 29.8 Å². The van der Waals surface area contributed by atoms with Crippen molar-refractivity contribution in [3.05, 3.63) is 46.6 Å². The number of aliphatic carboxylic acids is 1. The number of benzene rings is 1. The zero-order chi connectivity index (χ0) is 33.3. The molecule has 2 N–H and O–H groups in total. The lowest BCUT2D eigenvalue weighted by Gasteiger charge is -2.43. The molecule has 1 aromatic heterocycles. The zero-order valence-electron chi connectivity index (χ0n) is 26.2. The van der Waals surface area contributed by atoms with Crippen molar-refractivity contribution in [1.82, 2.24) is 10.2 Å². The lowest BCUT2D eigenvalue weighted by molar-refractivity contribution is -0.289. The van der Waals surface area contributed by atoms with Crippen molar-refractivity contribution >= 4 is 29.8 Å². The molecular weight excluding hydrogens is 592 g/mol. The molecule has 14 heteroatoms. The molecule has 0 aliphatic carbocycles. The number of hydrogen-bond acceptors (Lipinski definition) is 12.